The highest BCUT2D eigenvalue weighted by Gasteiger charge is 2.41. The van der Waals surface area contributed by atoms with Gasteiger partial charge in [0, 0.05) is 6.54 Å². The third kappa shape index (κ3) is 1.15. The van der Waals surface area contributed by atoms with E-state index in [1.807, 2.05) is 0 Å². The predicted octanol–water partition coefficient (Wildman–Crippen LogP) is -1.83. The fourth-order valence-corrected chi connectivity index (χ4v) is 1.92. The van der Waals surface area contributed by atoms with Gasteiger partial charge in [-0.05, 0) is 5.57 Å². The molecule has 0 saturated carbocycles. The van der Waals surface area contributed by atoms with Gasteiger partial charge in [0.1, 0.15) is 6.04 Å². The molecule has 76 valence electrons. The molecule has 2 bridgehead atoms. The maximum atomic E-state index is 11.3. The van der Waals surface area contributed by atoms with Crippen molar-refractivity contribution in [1.82, 2.24) is 10.2 Å². The molecule has 1 saturated heterocycles. The monoisotopic (exact) mass is 197 g/mol. The summed E-state index contributed by atoms with van der Waals surface area (Å²) < 4.78 is 0. The first-order valence-corrected chi connectivity index (χ1v) is 4.31. The van der Waals surface area contributed by atoms with Crippen molar-refractivity contribution >= 4 is 11.9 Å². The van der Waals surface area contributed by atoms with Crippen molar-refractivity contribution in [2.75, 3.05) is 13.2 Å². The molecule has 0 spiro atoms. The smallest absolute Gasteiger partial charge is 0.318 e. The third-order valence-corrected chi connectivity index (χ3v) is 2.49. The molecule has 6 nitrogen and oxygen atoms in total. The normalized spacial score (nSPS) is 29.9. The molecule has 0 aromatic carbocycles. The van der Waals surface area contributed by atoms with Crippen molar-refractivity contribution in [2.24, 2.45) is 5.73 Å². The molecule has 6 heteroatoms. The van der Waals surface area contributed by atoms with Crippen LogP contribution in [0.1, 0.15) is 0 Å². The van der Waals surface area contributed by atoms with Crippen molar-refractivity contribution in [2.45, 2.75) is 12.1 Å². The Hall–Kier alpha value is -1.56. The lowest BCUT2D eigenvalue weighted by atomic mass is 9.99. The maximum absolute atomic E-state index is 11.3. The number of nitrogens with one attached hydrogen (secondary N) is 1. The zero-order valence-electron chi connectivity index (χ0n) is 7.43. The number of hydrogen-bond acceptors (Lipinski definition) is 3. The van der Waals surface area contributed by atoms with Gasteiger partial charge >= 0.3 is 6.03 Å². The number of carbonyl (C=O) groups excluding carboxylic acids is 2. The minimum Gasteiger partial charge on any atom is -0.392 e. The molecule has 2 rings (SSSR count). The van der Waals surface area contributed by atoms with Crippen LogP contribution in [0.15, 0.2) is 11.6 Å². The lowest BCUT2D eigenvalue weighted by molar-refractivity contribution is -0.121. The summed E-state index contributed by atoms with van der Waals surface area (Å²) in [7, 11) is 0. The van der Waals surface area contributed by atoms with E-state index in [9.17, 15) is 9.59 Å². The van der Waals surface area contributed by atoms with E-state index in [4.69, 9.17) is 10.8 Å². The molecule has 0 aliphatic carbocycles. The van der Waals surface area contributed by atoms with Gasteiger partial charge in [-0.15, -0.1) is 0 Å². The molecule has 0 unspecified atom stereocenters. The number of fused-ring (bicyclic) bond motifs is 2. The number of rotatable bonds is 2. The number of nitrogens with zero attached hydrogens (tertiary/aromatic N) is 1. The lowest BCUT2D eigenvalue weighted by Crippen LogP contribution is -2.49. The minimum absolute atomic E-state index is 0.111. The lowest BCUT2D eigenvalue weighted by Gasteiger charge is -2.28. The van der Waals surface area contributed by atoms with Crippen molar-refractivity contribution in [1.29, 1.82) is 0 Å². The van der Waals surface area contributed by atoms with Crippen LogP contribution in [-0.2, 0) is 4.79 Å². The first kappa shape index (κ1) is 9.01. The van der Waals surface area contributed by atoms with Gasteiger partial charge in [-0.3, -0.25) is 4.79 Å². The number of hydrogen-bond donors (Lipinski definition) is 3. The van der Waals surface area contributed by atoms with Crippen LogP contribution in [0.4, 0.5) is 4.79 Å². The van der Waals surface area contributed by atoms with Gasteiger partial charge in [0.2, 0.25) is 5.91 Å². The van der Waals surface area contributed by atoms with Gasteiger partial charge in [-0.25, -0.2) is 4.79 Å². The van der Waals surface area contributed by atoms with Gasteiger partial charge in [0.25, 0.3) is 0 Å². The van der Waals surface area contributed by atoms with Crippen molar-refractivity contribution in [3.63, 3.8) is 0 Å². The Labute approximate surface area is 80.4 Å². The van der Waals surface area contributed by atoms with Crippen LogP contribution in [0.3, 0.4) is 0 Å². The summed E-state index contributed by atoms with van der Waals surface area (Å²) in [5.41, 5.74) is 5.66. The number of aliphatic hydroxyl groups is 1. The molecule has 2 aliphatic heterocycles. The number of aliphatic hydroxyl groups excluding tert-OH is 1. The van der Waals surface area contributed by atoms with E-state index in [1.165, 1.54) is 4.90 Å². The van der Waals surface area contributed by atoms with E-state index in [2.05, 4.69) is 5.32 Å². The summed E-state index contributed by atoms with van der Waals surface area (Å²) >= 11 is 0. The summed E-state index contributed by atoms with van der Waals surface area (Å²) in [6.45, 7) is 0.186. The summed E-state index contributed by atoms with van der Waals surface area (Å²) in [6, 6.07) is -1.21. The molecule has 3 amide bonds. The largest absolute Gasteiger partial charge is 0.392 e. The van der Waals surface area contributed by atoms with Gasteiger partial charge in [-0.2, -0.15) is 0 Å². The fourth-order valence-electron chi connectivity index (χ4n) is 1.92. The first-order valence-electron chi connectivity index (χ1n) is 4.31. The Balaban J connectivity index is 2.35. The van der Waals surface area contributed by atoms with Crippen LogP contribution < -0.4 is 11.1 Å². The number of carbonyl (C=O) groups is 2. The summed E-state index contributed by atoms with van der Waals surface area (Å²) in [6.07, 6.45) is 1.69. The van der Waals surface area contributed by atoms with E-state index < -0.39 is 11.9 Å². The Morgan fingerprint density at radius 3 is 3.07 bits per heavy atom. The van der Waals surface area contributed by atoms with E-state index in [0.717, 1.165) is 0 Å². The maximum Gasteiger partial charge on any atom is 0.318 e. The van der Waals surface area contributed by atoms with Gasteiger partial charge in [0.15, 0.2) is 0 Å². The number of amides is 3. The molecular formula is C8H11N3O3. The molecule has 0 radical (unpaired) electrons. The van der Waals surface area contributed by atoms with Gasteiger partial charge in [0.05, 0.1) is 12.6 Å². The van der Waals surface area contributed by atoms with Crippen molar-refractivity contribution < 1.29 is 14.7 Å². The van der Waals surface area contributed by atoms with Crippen LogP contribution in [0.2, 0.25) is 0 Å². The zero-order valence-corrected chi connectivity index (χ0v) is 7.43. The fraction of sp³-hybridized carbons (Fsp3) is 0.500. The Morgan fingerprint density at radius 1 is 1.79 bits per heavy atom. The van der Waals surface area contributed by atoms with Crippen molar-refractivity contribution in [3.05, 3.63) is 11.6 Å². The summed E-state index contributed by atoms with van der Waals surface area (Å²) in [4.78, 5) is 23.8. The molecular weight excluding hydrogens is 186 g/mol. The number of primary amides is 1. The van der Waals surface area contributed by atoms with Crippen LogP contribution in [0.25, 0.3) is 0 Å². The molecule has 2 heterocycles. The molecule has 2 aliphatic rings. The highest BCUT2D eigenvalue weighted by atomic mass is 16.3. The van der Waals surface area contributed by atoms with E-state index in [1.54, 1.807) is 6.08 Å². The molecule has 14 heavy (non-hydrogen) atoms. The summed E-state index contributed by atoms with van der Waals surface area (Å²) in [5.74, 6) is -0.610. The van der Waals surface area contributed by atoms with E-state index in [-0.39, 0.29) is 18.7 Å². The second-order valence-electron chi connectivity index (χ2n) is 3.41. The average Bonchev–Trinajstić information content (AvgIpc) is 2.41. The Morgan fingerprint density at radius 2 is 2.50 bits per heavy atom. The standard InChI is InChI=1S/C8H11N3O3/c9-7(13)6-4(3-12)1-5-2-11(6)8(14)10-5/h1,5-6,12H,2-3H2,(H2,9,13)(H,10,14)/t5-,6+/m1/s1. The highest BCUT2D eigenvalue weighted by Crippen LogP contribution is 2.22. The van der Waals surface area contributed by atoms with E-state index >= 15 is 0 Å². The van der Waals surface area contributed by atoms with Crippen molar-refractivity contribution in [3.8, 4) is 0 Å². The quantitative estimate of drug-likeness (QED) is 0.454. The molecule has 2 atom stereocenters. The highest BCUT2D eigenvalue weighted by molar-refractivity contribution is 5.91. The molecule has 0 aromatic heterocycles. The van der Waals surface area contributed by atoms with Crippen LogP contribution in [-0.4, -0.2) is 47.2 Å². The average molecular weight is 197 g/mol. The molecule has 1 fully saturated rings. The van der Waals surface area contributed by atoms with Gasteiger partial charge < -0.3 is 21.1 Å². The second-order valence-corrected chi connectivity index (χ2v) is 3.41. The van der Waals surface area contributed by atoms with Crippen LogP contribution in [0.5, 0.6) is 0 Å². The zero-order chi connectivity index (χ0) is 10.3. The SMILES string of the molecule is NC(=O)[C@@H]1C(CO)=C[C@@H]2CN1C(=O)N2. The van der Waals surface area contributed by atoms with Gasteiger partial charge in [-0.1, -0.05) is 6.08 Å². The van der Waals surface area contributed by atoms with Crippen LogP contribution >= 0.6 is 0 Å². The Kier molecular flexibility index (Phi) is 1.92. The topological polar surface area (TPSA) is 95.7 Å². The summed E-state index contributed by atoms with van der Waals surface area (Å²) in [5, 5.41) is 11.7. The molecule has 0 aromatic rings. The number of nitrogens with two attached hydrogens (primary N) is 1. The van der Waals surface area contributed by atoms with Crippen LogP contribution in [0, 0.1) is 0 Å². The number of urea groups is 1. The first-order chi connectivity index (χ1) is 6.63. The van der Waals surface area contributed by atoms with E-state index in [0.29, 0.717) is 12.1 Å². The molecule has 4 N–H and O–H groups in total. The third-order valence-electron chi connectivity index (χ3n) is 2.49. The second kappa shape index (κ2) is 2.98. The minimum atomic E-state index is -0.793. The predicted molar refractivity (Wildman–Crippen MR) is 47.2 cm³/mol. The Bertz CT molecular complexity index is 326.